The molecule has 1 fully saturated rings. The van der Waals surface area contributed by atoms with Crippen molar-refractivity contribution in [2.24, 2.45) is 0 Å². The Kier molecular flexibility index (Phi) is 6.49. The number of hydrogen-bond acceptors (Lipinski definition) is 5. The molecule has 0 atom stereocenters. The van der Waals surface area contributed by atoms with Gasteiger partial charge in [-0.1, -0.05) is 11.6 Å². The highest BCUT2D eigenvalue weighted by Crippen LogP contribution is 2.22. The Morgan fingerprint density at radius 2 is 1.62 bits per heavy atom. The first-order chi connectivity index (χ1) is 13.8. The summed E-state index contributed by atoms with van der Waals surface area (Å²) in [6.07, 6.45) is 0. The Morgan fingerprint density at radius 1 is 1.00 bits per heavy atom. The largest absolute Gasteiger partial charge is 0.452 e. The predicted molar refractivity (Wildman–Crippen MR) is 107 cm³/mol. The van der Waals surface area contributed by atoms with Crippen LogP contribution in [0.2, 0.25) is 5.02 Å². The molecule has 1 aliphatic heterocycles. The van der Waals surface area contributed by atoms with Crippen LogP contribution < -0.4 is 4.90 Å². The van der Waals surface area contributed by atoms with E-state index >= 15 is 0 Å². The molecule has 6 nitrogen and oxygen atoms in total. The molecule has 0 aliphatic carbocycles. The van der Waals surface area contributed by atoms with Gasteiger partial charge in [0.05, 0.1) is 11.3 Å². The van der Waals surface area contributed by atoms with Crippen molar-refractivity contribution in [3.8, 4) is 0 Å². The van der Waals surface area contributed by atoms with Crippen molar-refractivity contribution in [2.75, 3.05) is 37.7 Å². The van der Waals surface area contributed by atoms with Gasteiger partial charge in [-0.25, -0.2) is 9.18 Å². The van der Waals surface area contributed by atoms with Gasteiger partial charge in [0.1, 0.15) is 5.82 Å². The first-order valence-electron chi connectivity index (χ1n) is 9.11. The molecule has 0 spiro atoms. The van der Waals surface area contributed by atoms with Crippen molar-refractivity contribution < 1.29 is 23.5 Å². The summed E-state index contributed by atoms with van der Waals surface area (Å²) in [7, 11) is 0. The minimum Gasteiger partial charge on any atom is -0.452 e. The van der Waals surface area contributed by atoms with E-state index in [9.17, 15) is 18.8 Å². The highest BCUT2D eigenvalue weighted by atomic mass is 35.5. The number of carbonyl (C=O) groups excluding carboxylic acids is 3. The lowest BCUT2D eigenvalue weighted by molar-refractivity contribution is -0.134. The summed E-state index contributed by atoms with van der Waals surface area (Å²) in [5.41, 5.74) is 1.04. The molecular weight excluding hydrogens is 399 g/mol. The van der Waals surface area contributed by atoms with Gasteiger partial charge in [0.25, 0.3) is 5.91 Å². The molecular formula is C21H20ClFN2O4. The zero-order valence-corrected chi connectivity index (χ0v) is 16.6. The van der Waals surface area contributed by atoms with Gasteiger partial charge < -0.3 is 14.5 Å². The molecule has 0 bridgehead atoms. The van der Waals surface area contributed by atoms with E-state index in [0.29, 0.717) is 48.0 Å². The van der Waals surface area contributed by atoms with Gasteiger partial charge in [-0.05, 0) is 49.4 Å². The number of hydrogen-bond donors (Lipinski definition) is 0. The lowest BCUT2D eigenvalue weighted by Crippen LogP contribution is -2.50. The molecule has 0 N–H and O–H groups in total. The molecule has 2 aromatic carbocycles. The summed E-state index contributed by atoms with van der Waals surface area (Å²) in [6, 6.07) is 10.6. The van der Waals surface area contributed by atoms with E-state index in [4.69, 9.17) is 16.3 Å². The Labute approximate surface area is 172 Å². The molecule has 1 heterocycles. The number of anilines is 1. The Morgan fingerprint density at radius 3 is 2.21 bits per heavy atom. The number of ether oxygens (including phenoxy) is 1. The van der Waals surface area contributed by atoms with Crippen LogP contribution >= 0.6 is 11.6 Å². The average Bonchev–Trinajstić information content (AvgIpc) is 2.72. The highest BCUT2D eigenvalue weighted by Gasteiger charge is 2.24. The smallest absolute Gasteiger partial charge is 0.338 e. The fourth-order valence-electron chi connectivity index (χ4n) is 3.07. The number of rotatable bonds is 5. The summed E-state index contributed by atoms with van der Waals surface area (Å²) < 4.78 is 19.4. The van der Waals surface area contributed by atoms with Crippen LogP contribution in [0.1, 0.15) is 27.6 Å². The van der Waals surface area contributed by atoms with Gasteiger partial charge >= 0.3 is 5.97 Å². The van der Waals surface area contributed by atoms with Gasteiger partial charge in [0, 0.05) is 36.8 Å². The van der Waals surface area contributed by atoms with Gasteiger partial charge in [0.2, 0.25) is 0 Å². The maximum Gasteiger partial charge on any atom is 0.338 e. The first kappa shape index (κ1) is 20.8. The number of ketones is 1. The van der Waals surface area contributed by atoms with Crippen molar-refractivity contribution in [1.29, 1.82) is 0 Å². The lowest BCUT2D eigenvalue weighted by atomic mass is 10.1. The van der Waals surface area contributed by atoms with Crippen molar-refractivity contribution in [1.82, 2.24) is 4.90 Å². The quantitative estimate of drug-likeness (QED) is 0.551. The summed E-state index contributed by atoms with van der Waals surface area (Å²) in [6.45, 7) is 2.67. The van der Waals surface area contributed by atoms with Crippen LogP contribution in [-0.4, -0.2) is 55.3 Å². The van der Waals surface area contributed by atoms with Gasteiger partial charge in [0.15, 0.2) is 12.4 Å². The molecule has 3 rings (SSSR count). The van der Waals surface area contributed by atoms with E-state index in [1.54, 1.807) is 29.2 Å². The van der Waals surface area contributed by atoms with Crippen molar-refractivity contribution in [2.45, 2.75) is 6.92 Å². The van der Waals surface area contributed by atoms with Crippen molar-refractivity contribution in [3.05, 3.63) is 64.4 Å². The minimum atomic E-state index is -0.596. The molecule has 8 heteroatoms. The topological polar surface area (TPSA) is 66.9 Å². The Hall–Kier alpha value is -2.93. The minimum absolute atomic E-state index is 0.195. The van der Waals surface area contributed by atoms with Gasteiger partial charge in [-0.2, -0.15) is 0 Å². The number of halogens is 2. The first-order valence-corrected chi connectivity index (χ1v) is 9.49. The zero-order valence-electron chi connectivity index (χ0n) is 15.9. The van der Waals surface area contributed by atoms with E-state index < -0.39 is 11.8 Å². The van der Waals surface area contributed by atoms with E-state index in [-0.39, 0.29) is 18.3 Å². The number of Topliss-reactive ketones (excluding diaryl/α,β-unsaturated/α-hetero) is 1. The highest BCUT2D eigenvalue weighted by molar-refractivity contribution is 6.30. The number of amides is 1. The molecule has 0 saturated carbocycles. The van der Waals surface area contributed by atoms with Crippen LogP contribution in [0.5, 0.6) is 0 Å². The third kappa shape index (κ3) is 5.12. The molecule has 0 aromatic heterocycles. The number of esters is 1. The summed E-state index contributed by atoms with van der Waals surface area (Å²) in [5.74, 6) is -1.56. The normalized spacial score (nSPS) is 13.9. The van der Waals surface area contributed by atoms with Crippen LogP contribution in [0.25, 0.3) is 0 Å². The summed E-state index contributed by atoms with van der Waals surface area (Å²) in [4.78, 5) is 39.0. The Bertz CT molecular complexity index is 925. The SMILES string of the molecule is CC(=O)c1ccc(N2CCN(C(=O)COC(=O)c3ccc(Cl)cc3)CC2)c(F)c1. The van der Waals surface area contributed by atoms with Gasteiger partial charge in [-0.3, -0.25) is 9.59 Å². The fraction of sp³-hybridized carbons (Fsp3) is 0.286. The zero-order chi connectivity index (χ0) is 21.0. The molecule has 1 amide bonds. The molecule has 1 saturated heterocycles. The second kappa shape index (κ2) is 9.05. The molecule has 152 valence electrons. The lowest BCUT2D eigenvalue weighted by Gasteiger charge is -2.36. The van der Waals surface area contributed by atoms with Crippen LogP contribution in [0.3, 0.4) is 0 Å². The molecule has 29 heavy (non-hydrogen) atoms. The maximum atomic E-state index is 14.3. The fourth-order valence-corrected chi connectivity index (χ4v) is 3.19. The van der Waals surface area contributed by atoms with E-state index in [0.717, 1.165) is 0 Å². The van der Waals surface area contributed by atoms with E-state index in [1.165, 1.54) is 25.1 Å². The monoisotopic (exact) mass is 418 g/mol. The van der Waals surface area contributed by atoms with Crippen LogP contribution in [0.15, 0.2) is 42.5 Å². The number of carbonyl (C=O) groups is 3. The molecule has 2 aromatic rings. The van der Waals surface area contributed by atoms with Gasteiger partial charge in [-0.15, -0.1) is 0 Å². The van der Waals surface area contributed by atoms with Crippen LogP contribution in [-0.2, 0) is 9.53 Å². The summed E-state index contributed by atoms with van der Waals surface area (Å²) in [5, 5.41) is 0.503. The van der Waals surface area contributed by atoms with E-state index in [1.807, 2.05) is 4.90 Å². The standard InChI is InChI=1S/C21H20ClFN2O4/c1-14(26)16-4-7-19(18(23)12-16)24-8-10-25(11-9-24)20(27)13-29-21(28)15-2-5-17(22)6-3-15/h2-7,12H,8-11,13H2,1H3. The second-order valence-corrected chi connectivity index (χ2v) is 7.11. The number of piperazine rings is 1. The molecule has 0 radical (unpaired) electrons. The third-order valence-electron chi connectivity index (χ3n) is 4.73. The Balaban J connectivity index is 1.51. The maximum absolute atomic E-state index is 14.3. The second-order valence-electron chi connectivity index (χ2n) is 6.67. The molecule has 1 aliphatic rings. The van der Waals surface area contributed by atoms with Crippen molar-refractivity contribution >= 4 is 34.9 Å². The van der Waals surface area contributed by atoms with E-state index in [2.05, 4.69) is 0 Å². The average molecular weight is 419 g/mol. The molecule has 0 unspecified atom stereocenters. The van der Waals surface area contributed by atoms with Crippen LogP contribution in [0.4, 0.5) is 10.1 Å². The number of nitrogens with zero attached hydrogens (tertiary/aromatic N) is 2. The third-order valence-corrected chi connectivity index (χ3v) is 4.99. The number of benzene rings is 2. The van der Waals surface area contributed by atoms with Crippen LogP contribution in [0, 0.1) is 5.82 Å². The predicted octanol–water partition coefficient (Wildman–Crippen LogP) is 3.19. The summed E-state index contributed by atoms with van der Waals surface area (Å²) >= 11 is 5.78. The van der Waals surface area contributed by atoms with Crippen molar-refractivity contribution in [3.63, 3.8) is 0 Å².